The van der Waals surface area contributed by atoms with Crippen molar-refractivity contribution in [2.75, 3.05) is 19.6 Å². The smallest absolute Gasteiger partial charge is 0.321 e. The third-order valence-electron chi connectivity index (χ3n) is 5.78. The molecule has 1 saturated carbocycles. The van der Waals surface area contributed by atoms with Gasteiger partial charge in [-0.25, -0.2) is 4.79 Å². The summed E-state index contributed by atoms with van der Waals surface area (Å²) < 4.78 is 0. The van der Waals surface area contributed by atoms with Crippen LogP contribution in [0.25, 0.3) is 0 Å². The first-order valence-electron chi connectivity index (χ1n) is 10.2. The van der Waals surface area contributed by atoms with Gasteiger partial charge in [0.05, 0.1) is 13.1 Å². The molecule has 0 unspecified atom stereocenters. The highest BCUT2D eigenvalue weighted by molar-refractivity contribution is 5.94. The van der Waals surface area contributed by atoms with Crippen LogP contribution in [0.5, 0.6) is 0 Å². The van der Waals surface area contributed by atoms with Gasteiger partial charge in [0.15, 0.2) is 6.54 Å². The minimum absolute atomic E-state index is 0.158. The zero-order valence-electron chi connectivity index (χ0n) is 15.6. The molecule has 0 aromatic heterocycles. The SMILES string of the molecule is O=C(C[NH+]1CCC(Cc2ccccc2)CC1)NC(=O)NC1CCCCC1. The molecule has 3 amide bonds. The number of amides is 3. The largest absolute Gasteiger partial charge is 0.335 e. The lowest BCUT2D eigenvalue weighted by molar-refractivity contribution is -0.898. The second kappa shape index (κ2) is 9.72. The molecule has 2 aliphatic rings. The van der Waals surface area contributed by atoms with Crippen molar-refractivity contribution in [2.45, 2.75) is 57.4 Å². The molecule has 1 aromatic rings. The number of hydrogen-bond donors (Lipinski definition) is 3. The molecular formula is C21H32N3O2+. The van der Waals surface area contributed by atoms with Gasteiger partial charge in [-0.15, -0.1) is 0 Å². The topological polar surface area (TPSA) is 62.6 Å². The van der Waals surface area contributed by atoms with Crippen molar-refractivity contribution in [3.05, 3.63) is 35.9 Å². The summed E-state index contributed by atoms with van der Waals surface area (Å²) in [6.45, 7) is 2.42. The highest BCUT2D eigenvalue weighted by atomic mass is 16.2. The summed E-state index contributed by atoms with van der Waals surface area (Å²) in [5.41, 5.74) is 1.40. The maximum Gasteiger partial charge on any atom is 0.321 e. The molecule has 26 heavy (non-hydrogen) atoms. The van der Waals surface area contributed by atoms with E-state index in [9.17, 15) is 9.59 Å². The number of hydrogen-bond acceptors (Lipinski definition) is 2. The predicted molar refractivity (Wildman–Crippen MR) is 102 cm³/mol. The Morgan fingerprint density at radius 3 is 2.35 bits per heavy atom. The number of quaternary nitrogens is 1. The molecule has 0 spiro atoms. The quantitative estimate of drug-likeness (QED) is 0.750. The molecular weight excluding hydrogens is 326 g/mol. The van der Waals surface area contributed by atoms with Gasteiger partial charge in [0.25, 0.3) is 5.91 Å². The van der Waals surface area contributed by atoms with E-state index in [1.807, 2.05) is 0 Å². The molecule has 0 bridgehead atoms. The zero-order valence-corrected chi connectivity index (χ0v) is 15.6. The molecule has 0 radical (unpaired) electrons. The number of carbonyl (C=O) groups is 2. The highest BCUT2D eigenvalue weighted by Gasteiger charge is 2.25. The summed E-state index contributed by atoms with van der Waals surface area (Å²) in [5, 5.41) is 5.46. The average Bonchev–Trinajstić information content (AvgIpc) is 2.65. The number of imide groups is 1. The molecule has 3 N–H and O–H groups in total. The van der Waals surface area contributed by atoms with Crippen LogP contribution in [0.15, 0.2) is 30.3 Å². The molecule has 1 aliphatic carbocycles. The van der Waals surface area contributed by atoms with Crippen molar-refractivity contribution in [2.24, 2.45) is 5.92 Å². The molecule has 2 fully saturated rings. The monoisotopic (exact) mass is 358 g/mol. The molecule has 5 nitrogen and oxygen atoms in total. The van der Waals surface area contributed by atoms with E-state index in [0.29, 0.717) is 12.5 Å². The number of urea groups is 1. The van der Waals surface area contributed by atoms with Gasteiger partial charge in [-0.3, -0.25) is 10.1 Å². The number of piperidine rings is 1. The van der Waals surface area contributed by atoms with E-state index in [0.717, 1.165) is 45.2 Å². The molecule has 3 rings (SSSR count). The van der Waals surface area contributed by atoms with E-state index in [1.165, 1.54) is 29.7 Å². The molecule has 1 aromatic carbocycles. The summed E-state index contributed by atoms with van der Waals surface area (Å²) in [6, 6.07) is 10.5. The standard InChI is InChI=1S/C21H31N3O2/c25-20(23-21(26)22-19-9-5-2-6-10-19)16-24-13-11-18(12-14-24)15-17-7-3-1-4-8-17/h1,3-4,7-8,18-19H,2,5-6,9-16H2,(H2,22,23,25,26)/p+1. The van der Waals surface area contributed by atoms with Crippen LogP contribution in [0.3, 0.4) is 0 Å². The van der Waals surface area contributed by atoms with Crippen LogP contribution in [0.1, 0.15) is 50.5 Å². The Bertz CT molecular complexity index is 576. The zero-order chi connectivity index (χ0) is 18.2. The van der Waals surface area contributed by atoms with Crippen molar-refractivity contribution in [1.82, 2.24) is 10.6 Å². The molecule has 142 valence electrons. The molecule has 5 heteroatoms. The van der Waals surface area contributed by atoms with Gasteiger partial charge in [-0.05, 0) is 43.6 Å². The second-order valence-corrected chi connectivity index (χ2v) is 7.92. The molecule has 1 heterocycles. The first-order valence-corrected chi connectivity index (χ1v) is 10.2. The van der Waals surface area contributed by atoms with E-state index in [2.05, 4.69) is 41.0 Å². The Hall–Kier alpha value is -1.88. The van der Waals surface area contributed by atoms with Gasteiger partial charge < -0.3 is 10.2 Å². The number of benzene rings is 1. The van der Waals surface area contributed by atoms with Gasteiger partial charge in [-0.2, -0.15) is 0 Å². The second-order valence-electron chi connectivity index (χ2n) is 7.92. The van der Waals surface area contributed by atoms with Crippen LogP contribution in [-0.2, 0) is 11.2 Å². The predicted octanol–water partition coefficient (Wildman–Crippen LogP) is 1.68. The fraction of sp³-hybridized carbons (Fsp3) is 0.619. The van der Waals surface area contributed by atoms with Crippen LogP contribution in [0.4, 0.5) is 4.79 Å². The Kier molecular flexibility index (Phi) is 7.06. The number of nitrogens with one attached hydrogen (secondary N) is 3. The maximum absolute atomic E-state index is 12.1. The third kappa shape index (κ3) is 6.13. The van der Waals surface area contributed by atoms with Crippen LogP contribution < -0.4 is 15.5 Å². The van der Waals surface area contributed by atoms with E-state index in [-0.39, 0.29) is 18.0 Å². The van der Waals surface area contributed by atoms with Gasteiger partial charge in [0.1, 0.15) is 0 Å². The Morgan fingerprint density at radius 2 is 1.65 bits per heavy atom. The maximum atomic E-state index is 12.1. The van der Waals surface area contributed by atoms with Crippen molar-refractivity contribution >= 4 is 11.9 Å². The van der Waals surface area contributed by atoms with Crippen LogP contribution in [-0.4, -0.2) is 37.6 Å². The lowest BCUT2D eigenvalue weighted by atomic mass is 9.90. The van der Waals surface area contributed by atoms with Crippen LogP contribution >= 0.6 is 0 Å². The van der Waals surface area contributed by atoms with Crippen LogP contribution in [0, 0.1) is 5.92 Å². The lowest BCUT2D eigenvalue weighted by Gasteiger charge is -2.29. The fourth-order valence-corrected chi connectivity index (χ4v) is 4.28. The summed E-state index contributed by atoms with van der Waals surface area (Å²) in [5.74, 6) is 0.550. The number of carbonyl (C=O) groups excluding carboxylic acids is 2. The Balaban J connectivity index is 1.33. The summed E-state index contributed by atoms with van der Waals surface area (Å²) >= 11 is 0. The number of likely N-dealkylation sites (tertiary alicyclic amines) is 1. The minimum Gasteiger partial charge on any atom is -0.335 e. The molecule has 0 atom stereocenters. The van der Waals surface area contributed by atoms with Gasteiger partial charge in [0, 0.05) is 6.04 Å². The van der Waals surface area contributed by atoms with Crippen molar-refractivity contribution in [1.29, 1.82) is 0 Å². The van der Waals surface area contributed by atoms with Gasteiger partial charge >= 0.3 is 6.03 Å². The first-order chi connectivity index (χ1) is 12.7. The van der Waals surface area contributed by atoms with Gasteiger partial charge in [-0.1, -0.05) is 49.6 Å². The summed E-state index contributed by atoms with van der Waals surface area (Å²) in [7, 11) is 0. The lowest BCUT2D eigenvalue weighted by Crippen LogP contribution is -3.14. The van der Waals surface area contributed by atoms with E-state index in [1.54, 1.807) is 0 Å². The van der Waals surface area contributed by atoms with E-state index < -0.39 is 0 Å². The van der Waals surface area contributed by atoms with Crippen molar-refractivity contribution in [3.8, 4) is 0 Å². The third-order valence-corrected chi connectivity index (χ3v) is 5.78. The van der Waals surface area contributed by atoms with Crippen LogP contribution in [0.2, 0.25) is 0 Å². The molecule has 1 aliphatic heterocycles. The first kappa shape index (κ1) is 18.9. The van der Waals surface area contributed by atoms with Crippen molar-refractivity contribution in [3.63, 3.8) is 0 Å². The summed E-state index contributed by atoms with van der Waals surface area (Å²) in [4.78, 5) is 25.4. The Morgan fingerprint density at radius 1 is 0.962 bits per heavy atom. The summed E-state index contributed by atoms with van der Waals surface area (Å²) in [6.07, 6.45) is 9.06. The highest BCUT2D eigenvalue weighted by Crippen LogP contribution is 2.17. The van der Waals surface area contributed by atoms with E-state index >= 15 is 0 Å². The average molecular weight is 359 g/mol. The minimum atomic E-state index is -0.319. The fourth-order valence-electron chi connectivity index (χ4n) is 4.28. The van der Waals surface area contributed by atoms with Crippen molar-refractivity contribution < 1.29 is 14.5 Å². The Labute approximate surface area is 156 Å². The normalized spacial score (nSPS) is 24.0. The van der Waals surface area contributed by atoms with E-state index in [4.69, 9.17) is 0 Å². The molecule has 1 saturated heterocycles. The number of rotatable bonds is 5. The van der Waals surface area contributed by atoms with Gasteiger partial charge in [0.2, 0.25) is 0 Å².